The zero-order chi connectivity index (χ0) is 16.4. The van der Waals surface area contributed by atoms with Crippen LogP contribution in [0.25, 0.3) is 0 Å². The quantitative estimate of drug-likeness (QED) is 0.814. The van der Waals surface area contributed by atoms with Gasteiger partial charge in [-0.1, -0.05) is 74.5 Å². The van der Waals surface area contributed by atoms with Gasteiger partial charge in [0.2, 0.25) is 0 Å². The summed E-state index contributed by atoms with van der Waals surface area (Å²) < 4.78 is 6.64. The molecule has 1 aliphatic heterocycles. The van der Waals surface area contributed by atoms with E-state index < -0.39 is 0 Å². The zero-order valence-electron chi connectivity index (χ0n) is 14.5. The van der Waals surface area contributed by atoms with E-state index in [0.717, 1.165) is 0 Å². The standard InChI is InChI=1S/C21H27NO/c1-15-19(22(3)4)16(2)21(18-13-9-6-10-14-18)23-20(15)17-11-7-5-8-12-17/h5-16,19-21H,1-4H3/t15-,16+,19?,20-,21+. The third-order valence-corrected chi connectivity index (χ3v) is 5.18. The molecule has 1 aliphatic rings. The number of ether oxygens (including phenoxy) is 1. The Balaban J connectivity index is 1.98. The molecule has 0 aromatic heterocycles. The van der Waals surface area contributed by atoms with Crippen molar-refractivity contribution >= 4 is 0 Å². The Morgan fingerprint density at radius 2 is 1.09 bits per heavy atom. The molecule has 2 aromatic rings. The normalized spacial score (nSPS) is 31.3. The summed E-state index contributed by atoms with van der Waals surface area (Å²) in [4.78, 5) is 2.36. The van der Waals surface area contributed by atoms with Gasteiger partial charge in [-0.05, 0) is 25.2 Å². The van der Waals surface area contributed by atoms with Crippen molar-refractivity contribution in [2.24, 2.45) is 11.8 Å². The highest BCUT2D eigenvalue weighted by Crippen LogP contribution is 2.46. The molecule has 1 unspecified atom stereocenters. The smallest absolute Gasteiger partial charge is 0.0874 e. The van der Waals surface area contributed by atoms with Gasteiger partial charge in [0, 0.05) is 17.9 Å². The summed E-state index contributed by atoms with van der Waals surface area (Å²) in [5.74, 6) is 0.893. The molecule has 0 amide bonds. The summed E-state index contributed by atoms with van der Waals surface area (Å²) in [6, 6.07) is 21.8. The molecule has 0 radical (unpaired) electrons. The van der Waals surface area contributed by atoms with Gasteiger partial charge in [-0.2, -0.15) is 0 Å². The van der Waals surface area contributed by atoms with Crippen molar-refractivity contribution in [2.75, 3.05) is 14.1 Å². The number of hydrogen-bond donors (Lipinski definition) is 0. The molecular formula is C21H27NO. The Kier molecular flexibility index (Phi) is 4.84. The molecule has 2 heteroatoms. The van der Waals surface area contributed by atoms with Gasteiger partial charge in [-0.3, -0.25) is 0 Å². The molecular weight excluding hydrogens is 282 g/mol. The molecule has 0 saturated carbocycles. The maximum Gasteiger partial charge on any atom is 0.0874 e. The Morgan fingerprint density at radius 1 is 0.696 bits per heavy atom. The fraction of sp³-hybridized carbons (Fsp3) is 0.429. The van der Waals surface area contributed by atoms with Crippen molar-refractivity contribution < 1.29 is 4.74 Å². The molecule has 23 heavy (non-hydrogen) atoms. The summed E-state index contributed by atoms with van der Waals surface area (Å²) in [6.07, 6.45) is 0.259. The van der Waals surface area contributed by atoms with Crippen molar-refractivity contribution in [1.29, 1.82) is 0 Å². The van der Waals surface area contributed by atoms with Crippen LogP contribution in [0.15, 0.2) is 60.7 Å². The van der Waals surface area contributed by atoms with Crippen molar-refractivity contribution in [3.05, 3.63) is 71.8 Å². The molecule has 2 nitrogen and oxygen atoms in total. The molecule has 0 N–H and O–H groups in total. The van der Waals surface area contributed by atoms with Crippen LogP contribution in [0.4, 0.5) is 0 Å². The van der Waals surface area contributed by atoms with Crippen LogP contribution < -0.4 is 0 Å². The van der Waals surface area contributed by atoms with Gasteiger partial charge in [0.15, 0.2) is 0 Å². The fourth-order valence-electron chi connectivity index (χ4n) is 4.23. The van der Waals surface area contributed by atoms with Crippen LogP contribution in [0.5, 0.6) is 0 Å². The highest BCUT2D eigenvalue weighted by atomic mass is 16.5. The van der Waals surface area contributed by atoms with Gasteiger partial charge in [0.1, 0.15) is 0 Å². The lowest BCUT2D eigenvalue weighted by Crippen LogP contribution is -2.48. The summed E-state index contributed by atoms with van der Waals surface area (Å²) >= 11 is 0. The van der Waals surface area contributed by atoms with Crippen molar-refractivity contribution in [3.63, 3.8) is 0 Å². The molecule has 0 spiro atoms. The Hall–Kier alpha value is -1.64. The second-order valence-electron chi connectivity index (χ2n) is 6.97. The first kappa shape index (κ1) is 16.2. The van der Waals surface area contributed by atoms with Gasteiger partial charge >= 0.3 is 0 Å². The maximum absolute atomic E-state index is 6.64. The summed E-state index contributed by atoms with van der Waals surface area (Å²) in [5, 5.41) is 0. The summed E-state index contributed by atoms with van der Waals surface area (Å²) in [6.45, 7) is 4.64. The predicted octanol–water partition coefficient (Wildman–Crippen LogP) is 4.70. The largest absolute Gasteiger partial charge is 0.365 e. The highest BCUT2D eigenvalue weighted by Gasteiger charge is 2.43. The Bertz CT molecular complexity index is 559. The molecule has 2 aromatic carbocycles. The van der Waals surface area contributed by atoms with Crippen LogP contribution in [0.3, 0.4) is 0 Å². The molecule has 5 atom stereocenters. The predicted molar refractivity (Wildman–Crippen MR) is 95.3 cm³/mol. The highest BCUT2D eigenvalue weighted by molar-refractivity contribution is 5.23. The zero-order valence-corrected chi connectivity index (χ0v) is 14.5. The third kappa shape index (κ3) is 3.19. The number of nitrogens with zero attached hydrogens (tertiary/aromatic N) is 1. The van der Waals surface area contributed by atoms with E-state index in [1.165, 1.54) is 11.1 Å². The minimum absolute atomic E-state index is 0.130. The van der Waals surface area contributed by atoms with E-state index in [4.69, 9.17) is 4.74 Å². The minimum atomic E-state index is 0.130. The van der Waals surface area contributed by atoms with E-state index in [9.17, 15) is 0 Å². The molecule has 1 fully saturated rings. The second-order valence-corrected chi connectivity index (χ2v) is 6.97. The third-order valence-electron chi connectivity index (χ3n) is 5.18. The molecule has 0 aliphatic carbocycles. The average molecular weight is 309 g/mol. The van der Waals surface area contributed by atoms with Crippen LogP contribution in [0, 0.1) is 11.8 Å². The average Bonchev–Trinajstić information content (AvgIpc) is 2.56. The topological polar surface area (TPSA) is 12.5 Å². The summed E-state index contributed by atoms with van der Waals surface area (Å²) in [5.41, 5.74) is 2.55. The molecule has 0 bridgehead atoms. The van der Waals surface area contributed by atoms with Gasteiger partial charge in [-0.15, -0.1) is 0 Å². The van der Waals surface area contributed by atoms with Crippen molar-refractivity contribution in [3.8, 4) is 0 Å². The molecule has 122 valence electrons. The van der Waals surface area contributed by atoms with E-state index in [-0.39, 0.29) is 12.2 Å². The van der Waals surface area contributed by atoms with E-state index >= 15 is 0 Å². The maximum atomic E-state index is 6.64. The first-order chi connectivity index (χ1) is 11.1. The van der Waals surface area contributed by atoms with Crippen LogP contribution in [0.1, 0.15) is 37.2 Å². The van der Waals surface area contributed by atoms with Gasteiger partial charge < -0.3 is 9.64 Å². The van der Waals surface area contributed by atoms with Gasteiger partial charge in [-0.25, -0.2) is 0 Å². The van der Waals surface area contributed by atoms with E-state index in [0.29, 0.717) is 17.9 Å². The SMILES string of the molecule is C[C@@H]1C(N(C)C)[C@H](C)[C@@H](c2ccccc2)O[C@H]1c1ccccc1. The van der Waals surface area contributed by atoms with E-state index in [2.05, 4.69) is 93.5 Å². The molecule has 1 heterocycles. The lowest BCUT2D eigenvalue weighted by Gasteiger charge is -2.48. The molecule has 1 saturated heterocycles. The van der Waals surface area contributed by atoms with Gasteiger partial charge in [0.25, 0.3) is 0 Å². The Morgan fingerprint density at radius 3 is 1.43 bits per heavy atom. The minimum Gasteiger partial charge on any atom is -0.365 e. The Labute approximate surface area is 140 Å². The lowest BCUT2D eigenvalue weighted by atomic mass is 9.76. The number of benzene rings is 2. The molecule has 3 rings (SSSR count). The number of rotatable bonds is 3. The van der Waals surface area contributed by atoms with Crippen molar-refractivity contribution in [1.82, 2.24) is 4.90 Å². The van der Waals surface area contributed by atoms with E-state index in [1.807, 2.05) is 0 Å². The lowest BCUT2D eigenvalue weighted by molar-refractivity contribution is -0.146. The van der Waals surface area contributed by atoms with Crippen molar-refractivity contribution in [2.45, 2.75) is 32.1 Å². The first-order valence-corrected chi connectivity index (χ1v) is 8.51. The summed E-state index contributed by atoms with van der Waals surface area (Å²) in [7, 11) is 4.38. The van der Waals surface area contributed by atoms with Crippen LogP contribution in [-0.4, -0.2) is 25.0 Å². The first-order valence-electron chi connectivity index (χ1n) is 8.51. The number of hydrogen-bond acceptors (Lipinski definition) is 2. The van der Waals surface area contributed by atoms with Crippen LogP contribution >= 0.6 is 0 Å². The van der Waals surface area contributed by atoms with Gasteiger partial charge in [0.05, 0.1) is 12.2 Å². The monoisotopic (exact) mass is 309 g/mol. The fourth-order valence-corrected chi connectivity index (χ4v) is 4.23. The van der Waals surface area contributed by atoms with Crippen LogP contribution in [-0.2, 0) is 4.74 Å². The van der Waals surface area contributed by atoms with E-state index in [1.54, 1.807) is 0 Å². The second kappa shape index (κ2) is 6.86. The van der Waals surface area contributed by atoms with Crippen LogP contribution in [0.2, 0.25) is 0 Å².